The maximum absolute atomic E-state index is 13.4. The number of amides is 1. The van der Waals surface area contributed by atoms with E-state index in [1.165, 1.54) is 29.3 Å². The number of carbonyl (C=O) groups is 1. The van der Waals surface area contributed by atoms with Gasteiger partial charge in [-0.15, -0.1) is 0 Å². The fourth-order valence-electron chi connectivity index (χ4n) is 4.99. The van der Waals surface area contributed by atoms with Crippen molar-refractivity contribution < 1.29 is 23.1 Å². The number of pyridine rings is 1. The van der Waals surface area contributed by atoms with Gasteiger partial charge >= 0.3 is 6.18 Å². The molecule has 1 saturated carbocycles. The van der Waals surface area contributed by atoms with Gasteiger partial charge in [-0.1, -0.05) is 0 Å². The van der Waals surface area contributed by atoms with E-state index in [2.05, 4.69) is 35.3 Å². The van der Waals surface area contributed by atoms with Gasteiger partial charge < -0.3 is 16.2 Å². The van der Waals surface area contributed by atoms with E-state index in [4.69, 9.17) is 5.73 Å². The van der Waals surface area contributed by atoms with Gasteiger partial charge in [-0.05, 0) is 43.7 Å². The predicted molar refractivity (Wildman–Crippen MR) is 123 cm³/mol. The van der Waals surface area contributed by atoms with Gasteiger partial charge in [-0.3, -0.25) is 9.78 Å². The molecule has 4 aromatic rings. The standard InChI is InChI=1S/C23H20F3N9O2/c24-22(25,26)7-1-2-13-20-29-10-30-35(20)9-14(31-13)18-32-17(27)16-19(33-18)34-21(37)23(16,11-3-4-11)15-6-5-12(36)8-28-15/h5-6,8-11,36H,1-4,7H2,(H3,27,32,33,34,37). The van der Waals surface area contributed by atoms with Gasteiger partial charge in [0.15, 0.2) is 11.5 Å². The van der Waals surface area contributed by atoms with Crippen molar-refractivity contribution in [3.05, 3.63) is 47.8 Å². The topological polar surface area (TPSA) is 157 Å². The third-order valence-electron chi connectivity index (χ3n) is 6.70. The Hall–Kier alpha value is -4.36. The SMILES string of the molecule is Nc1nc(-c2cn3ncnc3c(CCCC(F)(F)F)n2)nc2c1C(c1ccc(O)cn1)(C1CC1)C(=O)N2. The van der Waals surface area contributed by atoms with Gasteiger partial charge in [0.1, 0.15) is 34.8 Å². The number of hydrogen-bond acceptors (Lipinski definition) is 9. The van der Waals surface area contributed by atoms with E-state index < -0.39 is 18.0 Å². The minimum atomic E-state index is -4.28. The number of nitrogens with zero attached hydrogens (tertiary/aromatic N) is 7. The number of rotatable bonds is 6. The molecule has 0 aromatic carbocycles. The molecule has 6 rings (SSSR count). The van der Waals surface area contributed by atoms with Gasteiger partial charge in [0, 0.05) is 6.42 Å². The first-order valence-electron chi connectivity index (χ1n) is 11.6. The van der Waals surface area contributed by atoms with Crippen LogP contribution in [-0.4, -0.2) is 51.7 Å². The maximum Gasteiger partial charge on any atom is 0.389 e. The molecule has 4 N–H and O–H groups in total. The lowest BCUT2D eigenvalue weighted by Crippen LogP contribution is -2.39. The van der Waals surface area contributed by atoms with E-state index in [1.54, 1.807) is 6.07 Å². The Balaban J connectivity index is 1.43. The highest BCUT2D eigenvalue weighted by Gasteiger charge is 2.60. The van der Waals surface area contributed by atoms with Gasteiger partial charge in [0.2, 0.25) is 5.91 Å². The number of alkyl halides is 3. The minimum Gasteiger partial charge on any atom is -0.506 e. The van der Waals surface area contributed by atoms with Crippen LogP contribution in [0.5, 0.6) is 5.75 Å². The minimum absolute atomic E-state index is 0.0179. The second-order valence-electron chi connectivity index (χ2n) is 9.16. The molecule has 0 spiro atoms. The molecule has 5 heterocycles. The summed E-state index contributed by atoms with van der Waals surface area (Å²) >= 11 is 0. The first-order chi connectivity index (χ1) is 17.7. The molecule has 1 atom stereocenters. The number of aryl methyl sites for hydroxylation is 1. The highest BCUT2D eigenvalue weighted by atomic mass is 19.4. The Labute approximate surface area is 207 Å². The van der Waals surface area contributed by atoms with Crippen molar-refractivity contribution in [3.8, 4) is 17.3 Å². The Morgan fingerprint density at radius 3 is 2.70 bits per heavy atom. The number of fused-ring (bicyclic) bond motifs is 2. The van der Waals surface area contributed by atoms with Crippen LogP contribution in [0.4, 0.5) is 24.8 Å². The number of nitrogen functional groups attached to an aromatic ring is 1. The first kappa shape index (κ1) is 23.1. The molecular weight excluding hydrogens is 491 g/mol. The first-order valence-corrected chi connectivity index (χ1v) is 11.6. The number of halogens is 3. The molecule has 14 heteroatoms. The number of hydrogen-bond donors (Lipinski definition) is 3. The molecule has 1 unspecified atom stereocenters. The summed E-state index contributed by atoms with van der Waals surface area (Å²) in [6.07, 6.45) is 0.224. The molecule has 1 fully saturated rings. The average molecular weight is 511 g/mol. The van der Waals surface area contributed by atoms with Crippen molar-refractivity contribution in [3.63, 3.8) is 0 Å². The second-order valence-corrected chi connectivity index (χ2v) is 9.16. The quantitative estimate of drug-likeness (QED) is 0.354. The zero-order valence-corrected chi connectivity index (χ0v) is 19.2. The van der Waals surface area contributed by atoms with Crippen LogP contribution in [0.3, 0.4) is 0 Å². The lowest BCUT2D eigenvalue weighted by atomic mass is 9.74. The summed E-state index contributed by atoms with van der Waals surface area (Å²) < 4.78 is 39.5. The van der Waals surface area contributed by atoms with Crippen molar-refractivity contribution in [2.24, 2.45) is 5.92 Å². The highest BCUT2D eigenvalue weighted by molar-refractivity contribution is 6.09. The van der Waals surface area contributed by atoms with Gasteiger partial charge in [-0.2, -0.15) is 18.3 Å². The summed E-state index contributed by atoms with van der Waals surface area (Å²) in [6.45, 7) is 0. The molecule has 0 bridgehead atoms. The summed E-state index contributed by atoms with van der Waals surface area (Å²) in [4.78, 5) is 35.3. The van der Waals surface area contributed by atoms with Crippen LogP contribution >= 0.6 is 0 Å². The number of nitrogens with one attached hydrogen (secondary N) is 1. The Bertz CT molecular complexity index is 1530. The maximum atomic E-state index is 13.4. The zero-order chi connectivity index (χ0) is 25.9. The monoisotopic (exact) mass is 511 g/mol. The number of nitrogens with two attached hydrogens (primary N) is 1. The van der Waals surface area contributed by atoms with E-state index in [-0.39, 0.29) is 53.6 Å². The van der Waals surface area contributed by atoms with Gasteiger partial charge in [0.05, 0.1) is 29.3 Å². The van der Waals surface area contributed by atoms with E-state index in [1.807, 2.05) is 0 Å². The number of aromatic nitrogens is 7. The Morgan fingerprint density at radius 2 is 2.00 bits per heavy atom. The van der Waals surface area contributed by atoms with Crippen molar-refractivity contribution in [1.29, 1.82) is 0 Å². The molecular formula is C23H20F3N9O2. The normalized spacial score (nSPS) is 19.3. The van der Waals surface area contributed by atoms with Crippen molar-refractivity contribution in [2.45, 2.75) is 43.7 Å². The third-order valence-corrected chi connectivity index (χ3v) is 6.70. The number of anilines is 2. The summed E-state index contributed by atoms with van der Waals surface area (Å²) in [6, 6.07) is 3.05. The fraction of sp³-hybridized carbons (Fsp3) is 0.348. The van der Waals surface area contributed by atoms with Gasteiger partial charge in [-0.25, -0.2) is 24.5 Å². The smallest absolute Gasteiger partial charge is 0.389 e. The van der Waals surface area contributed by atoms with Crippen LogP contribution in [0.1, 0.15) is 42.6 Å². The molecule has 1 aliphatic heterocycles. The fourth-order valence-corrected chi connectivity index (χ4v) is 4.99. The zero-order valence-electron chi connectivity index (χ0n) is 19.2. The van der Waals surface area contributed by atoms with Gasteiger partial charge in [0.25, 0.3) is 0 Å². The summed E-state index contributed by atoms with van der Waals surface area (Å²) in [5, 5.41) is 16.6. The average Bonchev–Trinajstić information content (AvgIpc) is 3.49. The Kier molecular flexibility index (Phi) is 5.04. The van der Waals surface area contributed by atoms with E-state index in [9.17, 15) is 23.1 Å². The molecule has 1 amide bonds. The van der Waals surface area contributed by atoms with Crippen LogP contribution in [0.25, 0.3) is 17.2 Å². The summed E-state index contributed by atoms with van der Waals surface area (Å²) in [7, 11) is 0. The predicted octanol–water partition coefficient (Wildman–Crippen LogP) is 2.80. The molecule has 0 radical (unpaired) electrons. The molecule has 11 nitrogen and oxygen atoms in total. The largest absolute Gasteiger partial charge is 0.506 e. The lowest BCUT2D eigenvalue weighted by Gasteiger charge is -2.27. The van der Waals surface area contributed by atoms with Crippen LogP contribution in [-0.2, 0) is 16.6 Å². The van der Waals surface area contributed by atoms with Crippen LogP contribution in [0.15, 0.2) is 30.9 Å². The van der Waals surface area contributed by atoms with Crippen molar-refractivity contribution in [2.75, 3.05) is 11.1 Å². The number of carbonyl (C=O) groups excluding carboxylic acids is 1. The van der Waals surface area contributed by atoms with E-state index >= 15 is 0 Å². The molecule has 0 saturated heterocycles. The molecule has 1 aliphatic carbocycles. The summed E-state index contributed by atoms with van der Waals surface area (Å²) in [5.41, 5.74) is 6.94. The third kappa shape index (κ3) is 3.79. The van der Waals surface area contributed by atoms with Crippen LogP contribution < -0.4 is 11.1 Å². The van der Waals surface area contributed by atoms with E-state index in [0.717, 1.165) is 12.8 Å². The Morgan fingerprint density at radius 1 is 1.19 bits per heavy atom. The van der Waals surface area contributed by atoms with Crippen molar-refractivity contribution in [1.82, 2.24) is 34.5 Å². The molecule has 2 aliphatic rings. The second kappa shape index (κ2) is 8.08. The molecule has 190 valence electrons. The molecule has 37 heavy (non-hydrogen) atoms. The lowest BCUT2D eigenvalue weighted by molar-refractivity contribution is -0.135. The molecule has 4 aromatic heterocycles. The number of aromatic hydroxyl groups is 1. The van der Waals surface area contributed by atoms with E-state index in [0.29, 0.717) is 22.6 Å². The summed E-state index contributed by atoms with van der Waals surface area (Å²) in [5.74, 6) is -0.0846. The van der Waals surface area contributed by atoms with Crippen molar-refractivity contribution >= 4 is 23.2 Å². The highest BCUT2D eigenvalue weighted by Crippen LogP contribution is 2.57. The van der Waals surface area contributed by atoms with Crippen LogP contribution in [0.2, 0.25) is 0 Å². The van der Waals surface area contributed by atoms with Crippen LogP contribution in [0, 0.1) is 5.92 Å².